The summed E-state index contributed by atoms with van der Waals surface area (Å²) < 4.78 is 33.0. The molecule has 8 heteroatoms. The van der Waals surface area contributed by atoms with Crippen LogP contribution >= 0.6 is 12.6 Å². The van der Waals surface area contributed by atoms with Crippen molar-refractivity contribution < 1.29 is 23.2 Å². The minimum Gasteiger partial charge on any atom is -0.478 e. The van der Waals surface area contributed by atoms with Crippen LogP contribution in [0.25, 0.3) is 0 Å². The number of carboxylic acid groups (broad SMARTS) is 1. The Morgan fingerprint density at radius 2 is 2.00 bits per heavy atom. The second-order valence-electron chi connectivity index (χ2n) is 4.22. The van der Waals surface area contributed by atoms with E-state index < -0.39 is 17.7 Å². The largest absolute Gasteiger partial charge is 0.478 e. The summed E-state index contributed by atoms with van der Waals surface area (Å²) >= 11 is 4.02. The van der Waals surface area contributed by atoms with E-state index in [1.54, 1.807) is 0 Å². The average molecular weight is 312 g/mol. The van der Waals surface area contributed by atoms with Gasteiger partial charge in [-0.3, -0.25) is 0 Å². The van der Waals surface area contributed by atoms with Crippen LogP contribution < -0.4 is 0 Å². The van der Waals surface area contributed by atoms with E-state index >= 15 is 0 Å². The van der Waals surface area contributed by atoms with Crippen molar-refractivity contribution in [1.82, 2.24) is 10.1 Å². The van der Waals surface area contributed by atoms with E-state index in [1.807, 2.05) is 0 Å². The fourth-order valence-corrected chi connectivity index (χ4v) is 1.66. The summed E-state index contributed by atoms with van der Waals surface area (Å²) in [6.45, 7) is 3.27. The van der Waals surface area contributed by atoms with Crippen molar-refractivity contribution in [2.24, 2.45) is 0 Å². The number of nitrogens with zero attached hydrogens (tertiary/aromatic N) is 2. The fraction of sp³-hybridized carbons (Fsp3) is 0.154. The van der Waals surface area contributed by atoms with Gasteiger partial charge in [0.2, 0.25) is 11.7 Å². The first-order chi connectivity index (χ1) is 9.80. The maximum absolute atomic E-state index is 14.2. The molecule has 2 aromatic rings. The number of benzene rings is 1. The zero-order valence-corrected chi connectivity index (χ0v) is 11.5. The van der Waals surface area contributed by atoms with Gasteiger partial charge in [-0.1, -0.05) is 23.9 Å². The van der Waals surface area contributed by atoms with Crippen molar-refractivity contribution in [3.63, 3.8) is 0 Å². The Bertz CT molecular complexity index is 683. The molecule has 5 nitrogen and oxygen atoms in total. The van der Waals surface area contributed by atoms with Crippen LogP contribution in [0.3, 0.4) is 0 Å². The fourth-order valence-electron chi connectivity index (χ4n) is 1.51. The SMILES string of the molecule is C=C(Cc1nc(C(F)(F)c2ccc(S)cc2)no1)C(=O)O. The maximum atomic E-state index is 14.2. The van der Waals surface area contributed by atoms with Crippen LogP contribution in [0.1, 0.15) is 17.3 Å². The molecule has 0 bridgehead atoms. The molecule has 1 N–H and O–H groups in total. The topological polar surface area (TPSA) is 76.2 Å². The molecule has 0 aliphatic carbocycles. The van der Waals surface area contributed by atoms with Crippen LogP contribution in [0.5, 0.6) is 0 Å². The van der Waals surface area contributed by atoms with Crippen LogP contribution in [0.2, 0.25) is 0 Å². The molecule has 0 aliphatic rings. The Kier molecular flexibility index (Phi) is 4.08. The van der Waals surface area contributed by atoms with E-state index in [-0.39, 0.29) is 23.4 Å². The van der Waals surface area contributed by atoms with Crippen molar-refractivity contribution in [3.8, 4) is 0 Å². The molecule has 2 rings (SSSR count). The molecule has 1 aromatic carbocycles. The average Bonchev–Trinajstić information content (AvgIpc) is 2.88. The van der Waals surface area contributed by atoms with Gasteiger partial charge in [0.1, 0.15) is 0 Å². The van der Waals surface area contributed by atoms with Crippen LogP contribution in [0, 0.1) is 0 Å². The number of hydrogen-bond acceptors (Lipinski definition) is 5. The molecule has 0 atom stereocenters. The lowest BCUT2D eigenvalue weighted by molar-refractivity contribution is -0.132. The smallest absolute Gasteiger partial charge is 0.335 e. The number of carboxylic acids is 1. The van der Waals surface area contributed by atoms with Gasteiger partial charge in [0.25, 0.3) is 0 Å². The Morgan fingerprint density at radius 1 is 1.38 bits per heavy atom. The van der Waals surface area contributed by atoms with Crippen molar-refractivity contribution in [2.45, 2.75) is 17.2 Å². The summed E-state index contributed by atoms with van der Waals surface area (Å²) in [6.07, 6.45) is -0.298. The third kappa shape index (κ3) is 3.27. The number of rotatable bonds is 5. The van der Waals surface area contributed by atoms with Crippen molar-refractivity contribution in [3.05, 3.63) is 53.7 Å². The first kappa shape index (κ1) is 15.2. The highest BCUT2D eigenvalue weighted by atomic mass is 32.1. The van der Waals surface area contributed by atoms with Crippen LogP contribution in [-0.4, -0.2) is 21.2 Å². The summed E-state index contributed by atoms with van der Waals surface area (Å²) in [5, 5.41) is 11.9. The normalized spacial score (nSPS) is 11.4. The van der Waals surface area contributed by atoms with E-state index in [9.17, 15) is 13.6 Å². The first-order valence-corrected chi connectivity index (χ1v) is 6.17. The summed E-state index contributed by atoms with van der Waals surface area (Å²) in [4.78, 5) is 14.7. The van der Waals surface area contributed by atoms with Gasteiger partial charge < -0.3 is 9.63 Å². The summed E-state index contributed by atoms with van der Waals surface area (Å²) in [5.41, 5.74) is -0.544. The highest BCUT2D eigenvalue weighted by molar-refractivity contribution is 7.80. The minimum atomic E-state index is -3.45. The molecule has 0 unspecified atom stereocenters. The molecular weight excluding hydrogens is 302 g/mol. The van der Waals surface area contributed by atoms with Gasteiger partial charge in [-0.25, -0.2) is 4.79 Å². The number of halogens is 2. The molecule has 110 valence electrons. The summed E-state index contributed by atoms with van der Waals surface area (Å²) in [5.74, 6) is -5.77. The number of thiol groups is 1. The predicted molar refractivity (Wildman–Crippen MR) is 71.5 cm³/mol. The molecule has 0 fully saturated rings. The zero-order valence-electron chi connectivity index (χ0n) is 10.6. The highest BCUT2D eigenvalue weighted by Crippen LogP contribution is 2.34. The predicted octanol–water partition coefficient (Wildman–Crippen LogP) is 2.68. The second kappa shape index (κ2) is 5.65. The molecule has 0 saturated heterocycles. The monoisotopic (exact) mass is 312 g/mol. The molecular formula is C13H10F2N2O3S. The Labute approximate surface area is 123 Å². The Morgan fingerprint density at radius 3 is 2.57 bits per heavy atom. The Hall–Kier alpha value is -2.22. The molecule has 0 radical (unpaired) electrons. The maximum Gasteiger partial charge on any atom is 0.335 e. The second-order valence-corrected chi connectivity index (χ2v) is 4.73. The van der Waals surface area contributed by atoms with Crippen molar-refractivity contribution in [2.75, 3.05) is 0 Å². The van der Waals surface area contributed by atoms with E-state index in [1.165, 1.54) is 24.3 Å². The minimum absolute atomic E-state index is 0.229. The van der Waals surface area contributed by atoms with E-state index in [2.05, 4.69) is 33.9 Å². The number of aliphatic carboxylic acids is 1. The van der Waals surface area contributed by atoms with Gasteiger partial charge >= 0.3 is 11.9 Å². The summed E-state index contributed by atoms with van der Waals surface area (Å²) in [6, 6.07) is 5.24. The van der Waals surface area contributed by atoms with Gasteiger partial charge in [-0.15, -0.1) is 12.6 Å². The van der Waals surface area contributed by atoms with E-state index in [0.29, 0.717) is 4.90 Å². The third-order valence-electron chi connectivity index (χ3n) is 2.65. The lowest BCUT2D eigenvalue weighted by atomic mass is 10.1. The molecule has 21 heavy (non-hydrogen) atoms. The van der Waals surface area contributed by atoms with E-state index in [4.69, 9.17) is 5.11 Å². The molecule has 0 amide bonds. The van der Waals surface area contributed by atoms with Gasteiger partial charge in [-0.05, 0) is 12.1 Å². The van der Waals surface area contributed by atoms with Gasteiger partial charge in [0, 0.05) is 16.0 Å². The highest BCUT2D eigenvalue weighted by Gasteiger charge is 2.39. The standard InChI is InChI=1S/C13H10F2N2O3S/c1-7(11(18)19)6-10-16-12(17-20-10)13(14,15)8-2-4-9(21)5-3-8/h2-5,21H,1,6H2,(H,18,19). The molecule has 1 heterocycles. The van der Waals surface area contributed by atoms with Crippen LogP contribution in [0.4, 0.5) is 8.78 Å². The zero-order chi connectivity index (χ0) is 15.6. The number of carbonyl (C=O) groups is 1. The lowest BCUT2D eigenvalue weighted by Crippen LogP contribution is -2.17. The number of alkyl halides is 2. The first-order valence-electron chi connectivity index (χ1n) is 5.72. The number of hydrogen-bond donors (Lipinski definition) is 2. The molecule has 0 aliphatic heterocycles. The van der Waals surface area contributed by atoms with Crippen molar-refractivity contribution >= 4 is 18.6 Å². The summed E-state index contributed by atoms with van der Waals surface area (Å²) in [7, 11) is 0. The lowest BCUT2D eigenvalue weighted by Gasteiger charge is -2.12. The quantitative estimate of drug-likeness (QED) is 0.656. The molecule has 1 aromatic heterocycles. The molecule has 0 saturated carbocycles. The van der Waals surface area contributed by atoms with Gasteiger partial charge in [0.05, 0.1) is 6.42 Å². The van der Waals surface area contributed by atoms with Crippen molar-refractivity contribution in [1.29, 1.82) is 0 Å². The van der Waals surface area contributed by atoms with Crippen LogP contribution in [0.15, 0.2) is 45.8 Å². The number of aromatic nitrogens is 2. The third-order valence-corrected chi connectivity index (χ3v) is 2.94. The Balaban J connectivity index is 2.25. The van der Waals surface area contributed by atoms with Crippen LogP contribution in [-0.2, 0) is 17.1 Å². The van der Waals surface area contributed by atoms with Gasteiger partial charge in [0.15, 0.2) is 0 Å². The van der Waals surface area contributed by atoms with Gasteiger partial charge in [-0.2, -0.15) is 13.8 Å². The molecule has 0 spiro atoms. The van der Waals surface area contributed by atoms with E-state index in [0.717, 1.165) is 0 Å².